The monoisotopic (exact) mass is 270 g/mol. The molecule has 1 saturated heterocycles. The van der Waals surface area contributed by atoms with Gasteiger partial charge in [0.05, 0.1) is 0 Å². The number of halogens is 2. The van der Waals surface area contributed by atoms with Crippen molar-refractivity contribution in [1.29, 1.82) is 0 Å². The molecule has 0 aliphatic carbocycles. The summed E-state index contributed by atoms with van der Waals surface area (Å²) in [4.78, 5) is 1.68. The van der Waals surface area contributed by atoms with Gasteiger partial charge in [0.15, 0.2) is 0 Å². The summed E-state index contributed by atoms with van der Waals surface area (Å²) in [6.45, 7) is 4.33. The second-order valence-electron chi connectivity index (χ2n) is 4.97. The second kappa shape index (κ2) is 6.30. The lowest BCUT2D eigenvalue weighted by Gasteiger charge is -2.20. The number of anilines is 1. The van der Waals surface area contributed by atoms with Crippen molar-refractivity contribution >= 4 is 5.69 Å². The third kappa shape index (κ3) is 3.22. The molecule has 0 aromatic heterocycles. The van der Waals surface area contributed by atoms with Crippen molar-refractivity contribution in [2.75, 3.05) is 31.1 Å². The fraction of sp³-hybridized carbons (Fsp3) is 0.571. The number of hydrogen-bond donors (Lipinski definition) is 2. The van der Waals surface area contributed by atoms with Crippen molar-refractivity contribution in [3.8, 4) is 0 Å². The zero-order valence-corrected chi connectivity index (χ0v) is 11.1. The maximum atomic E-state index is 14.0. The van der Waals surface area contributed by atoms with E-state index in [2.05, 4.69) is 5.32 Å². The van der Waals surface area contributed by atoms with Crippen molar-refractivity contribution in [3.05, 3.63) is 29.3 Å². The Balaban J connectivity index is 2.17. The molecule has 0 saturated carbocycles. The molecule has 1 aromatic carbocycles. The minimum absolute atomic E-state index is 0.0381. The zero-order valence-electron chi connectivity index (χ0n) is 11.1. The zero-order chi connectivity index (χ0) is 13.8. The highest BCUT2D eigenvalue weighted by atomic mass is 19.1. The van der Waals surface area contributed by atoms with Gasteiger partial charge in [0.1, 0.15) is 17.3 Å². The molecule has 1 aliphatic heterocycles. The number of aliphatic hydroxyl groups is 1. The average Bonchev–Trinajstić information content (AvgIpc) is 2.84. The quantitative estimate of drug-likeness (QED) is 0.857. The summed E-state index contributed by atoms with van der Waals surface area (Å²) < 4.78 is 28.1. The number of hydrogen-bond acceptors (Lipinski definition) is 3. The molecule has 0 amide bonds. The molecule has 1 aromatic rings. The molecule has 1 fully saturated rings. The first-order valence-corrected chi connectivity index (χ1v) is 6.70. The van der Waals surface area contributed by atoms with Gasteiger partial charge in [-0.25, -0.2) is 8.78 Å². The van der Waals surface area contributed by atoms with E-state index < -0.39 is 11.6 Å². The topological polar surface area (TPSA) is 35.5 Å². The molecule has 1 unspecified atom stereocenters. The van der Waals surface area contributed by atoms with Crippen molar-refractivity contribution in [2.24, 2.45) is 5.92 Å². The van der Waals surface area contributed by atoms with Crippen LogP contribution in [0.2, 0.25) is 0 Å². The van der Waals surface area contributed by atoms with Gasteiger partial charge in [-0.1, -0.05) is 6.92 Å². The molecule has 0 spiro atoms. The summed E-state index contributed by atoms with van der Waals surface area (Å²) in [6, 6.07) is 2.76. The smallest absolute Gasteiger partial charge is 0.149 e. The lowest BCUT2D eigenvalue weighted by molar-refractivity contribution is 0.238. The lowest BCUT2D eigenvalue weighted by Crippen LogP contribution is -2.23. The number of rotatable bonds is 5. The van der Waals surface area contributed by atoms with Crippen LogP contribution >= 0.6 is 0 Å². The minimum Gasteiger partial charge on any atom is -0.396 e. The van der Waals surface area contributed by atoms with E-state index in [0.717, 1.165) is 13.0 Å². The van der Waals surface area contributed by atoms with Crippen molar-refractivity contribution < 1.29 is 13.9 Å². The van der Waals surface area contributed by atoms with Crippen LogP contribution in [0.5, 0.6) is 0 Å². The van der Waals surface area contributed by atoms with Crippen molar-refractivity contribution in [2.45, 2.75) is 19.9 Å². The normalized spacial score (nSPS) is 19.2. The van der Waals surface area contributed by atoms with Crippen molar-refractivity contribution in [1.82, 2.24) is 5.32 Å². The maximum Gasteiger partial charge on any atom is 0.149 e. The summed E-state index contributed by atoms with van der Waals surface area (Å²) >= 11 is 0. The predicted molar refractivity (Wildman–Crippen MR) is 71.1 cm³/mol. The highest BCUT2D eigenvalue weighted by Gasteiger charge is 2.26. The van der Waals surface area contributed by atoms with Gasteiger partial charge in [-0.2, -0.15) is 0 Å². The third-order valence-corrected chi connectivity index (χ3v) is 3.52. The minimum atomic E-state index is -0.522. The van der Waals surface area contributed by atoms with Crippen LogP contribution in [0, 0.1) is 17.6 Å². The summed E-state index contributed by atoms with van der Waals surface area (Å²) in [5.74, 6) is -0.932. The highest BCUT2D eigenvalue weighted by molar-refractivity contribution is 5.51. The van der Waals surface area contributed by atoms with Gasteiger partial charge >= 0.3 is 0 Å². The Labute approximate surface area is 112 Å². The van der Waals surface area contributed by atoms with Crippen LogP contribution in [0.3, 0.4) is 0 Å². The summed E-state index contributed by atoms with van der Waals surface area (Å²) in [5.41, 5.74) is 0.648. The molecular weight excluding hydrogens is 250 g/mol. The molecule has 2 rings (SSSR count). The third-order valence-electron chi connectivity index (χ3n) is 3.52. The summed E-state index contributed by atoms with van der Waals surface area (Å²) in [7, 11) is 0. The van der Waals surface area contributed by atoms with E-state index in [1.54, 1.807) is 4.90 Å². The van der Waals surface area contributed by atoms with Gasteiger partial charge in [0, 0.05) is 32.2 Å². The van der Waals surface area contributed by atoms with Crippen LogP contribution in [0.15, 0.2) is 12.1 Å². The molecule has 1 aliphatic rings. The Morgan fingerprint density at radius 2 is 2.05 bits per heavy atom. The van der Waals surface area contributed by atoms with Crippen LogP contribution in [0.1, 0.15) is 18.9 Å². The molecular formula is C14H20F2N2O. The van der Waals surface area contributed by atoms with E-state index in [1.165, 1.54) is 12.1 Å². The first-order chi connectivity index (χ1) is 9.15. The predicted octanol–water partition coefficient (Wildman–Crippen LogP) is 1.89. The molecule has 106 valence electrons. The first-order valence-electron chi connectivity index (χ1n) is 6.70. The lowest BCUT2D eigenvalue weighted by atomic mass is 10.1. The fourth-order valence-corrected chi connectivity index (χ4v) is 2.48. The van der Waals surface area contributed by atoms with Gasteiger partial charge in [-0.15, -0.1) is 0 Å². The SMILES string of the molecule is CCNCc1cc(F)c(N2CCC(CO)C2)c(F)c1. The van der Waals surface area contributed by atoms with E-state index in [0.29, 0.717) is 25.2 Å². The van der Waals surface area contributed by atoms with Crippen molar-refractivity contribution in [3.63, 3.8) is 0 Å². The summed E-state index contributed by atoms with van der Waals surface area (Å²) in [5, 5.41) is 12.1. The maximum absolute atomic E-state index is 14.0. The summed E-state index contributed by atoms with van der Waals surface area (Å²) in [6.07, 6.45) is 0.772. The molecule has 1 atom stereocenters. The van der Waals surface area contributed by atoms with Crippen LogP contribution in [-0.2, 0) is 6.54 Å². The molecule has 3 nitrogen and oxygen atoms in total. The van der Waals surface area contributed by atoms with Crippen LogP contribution in [0.25, 0.3) is 0 Å². The Kier molecular flexibility index (Phi) is 4.71. The number of nitrogens with zero attached hydrogens (tertiary/aromatic N) is 1. The molecule has 0 radical (unpaired) electrons. The van der Waals surface area contributed by atoms with Gasteiger partial charge in [0.25, 0.3) is 0 Å². The highest BCUT2D eigenvalue weighted by Crippen LogP contribution is 2.29. The van der Waals surface area contributed by atoms with E-state index in [-0.39, 0.29) is 18.2 Å². The Morgan fingerprint density at radius 1 is 1.37 bits per heavy atom. The number of benzene rings is 1. The standard InChI is InChI=1S/C14H20F2N2O/c1-2-17-7-11-5-12(15)14(13(16)6-11)18-4-3-10(8-18)9-19/h5-6,10,17,19H,2-4,7-9H2,1H3. The first kappa shape index (κ1) is 14.2. The second-order valence-corrected chi connectivity index (χ2v) is 4.97. The average molecular weight is 270 g/mol. The Bertz CT molecular complexity index is 416. The van der Waals surface area contributed by atoms with Crippen LogP contribution in [-0.4, -0.2) is 31.3 Å². The van der Waals surface area contributed by atoms with E-state index >= 15 is 0 Å². The molecule has 5 heteroatoms. The van der Waals surface area contributed by atoms with Gasteiger partial charge in [0.2, 0.25) is 0 Å². The number of aliphatic hydroxyl groups excluding tert-OH is 1. The molecule has 2 N–H and O–H groups in total. The van der Waals surface area contributed by atoms with Gasteiger partial charge in [-0.3, -0.25) is 0 Å². The van der Waals surface area contributed by atoms with E-state index in [9.17, 15) is 8.78 Å². The van der Waals surface area contributed by atoms with Crippen LogP contribution < -0.4 is 10.2 Å². The van der Waals surface area contributed by atoms with E-state index in [1.807, 2.05) is 6.92 Å². The number of nitrogens with one attached hydrogen (secondary N) is 1. The van der Waals surface area contributed by atoms with Gasteiger partial charge in [-0.05, 0) is 30.7 Å². The van der Waals surface area contributed by atoms with Crippen LogP contribution in [0.4, 0.5) is 14.5 Å². The molecule has 19 heavy (non-hydrogen) atoms. The molecule has 0 bridgehead atoms. The fourth-order valence-electron chi connectivity index (χ4n) is 2.48. The Morgan fingerprint density at radius 3 is 2.58 bits per heavy atom. The van der Waals surface area contributed by atoms with Gasteiger partial charge < -0.3 is 15.3 Å². The Hall–Kier alpha value is -1.20. The van der Waals surface area contributed by atoms with E-state index in [4.69, 9.17) is 5.11 Å². The largest absolute Gasteiger partial charge is 0.396 e. The molecule has 1 heterocycles.